The van der Waals surface area contributed by atoms with Gasteiger partial charge in [0.1, 0.15) is 28.8 Å². The Morgan fingerprint density at radius 1 is 1.24 bits per heavy atom. The van der Waals surface area contributed by atoms with Crippen LogP contribution in [-0.4, -0.2) is 49.9 Å². The van der Waals surface area contributed by atoms with E-state index >= 15 is 0 Å². The summed E-state index contributed by atoms with van der Waals surface area (Å²) in [6.07, 6.45) is 1.07. The van der Waals surface area contributed by atoms with Crippen LogP contribution in [0.4, 0.5) is 33.3 Å². The van der Waals surface area contributed by atoms with Crippen LogP contribution in [0, 0.1) is 29.4 Å². The van der Waals surface area contributed by atoms with Gasteiger partial charge >= 0.3 is 12.1 Å². The second-order valence-corrected chi connectivity index (χ2v) is 14.5. The van der Waals surface area contributed by atoms with Crippen LogP contribution < -0.4 is 14.4 Å². The van der Waals surface area contributed by atoms with Gasteiger partial charge in [0.15, 0.2) is 18.1 Å². The predicted molar refractivity (Wildman–Crippen MR) is 183 cm³/mol. The van der Waals surface area contributed by atoms with E-state index in [-0.39, 0.29) is 52.0 Å². The molecule has 2 aliphatic rings. The zero-order valence-electron chi connectivity index (χ0n) is 27.7. The number of hydrogen-bond acceptors (Lipinski definition) is 8. The van der Waals surface area contributed by atoms with Crippen molar-refractivity contribution in [3.05, 3.63) is 67.3 Å². The summed E-state index contributed by atoms with van der Waals surface area (Å²) in [5.74, 6) is 1.19. The lowest BCUT2D eigenvalue weighted by Crippen LogP contribution is -2.39. The highest BCUT2D eigenvalue weighted by Gasteiger charge is 2.39. The van der Waals surface area contributed by atoms with Crippen LogP contribution in [0.3, 0.4) is 0 Å². The summed E-state index contributed by atoms with van der Waals surface area (Å²) in [5.41, 5.74) is -1.18. The first kappa shape index (κ1) is 38.0. The Kier molecular flexibility index (Phi) is 10.7. The lowest BCUT2D eigenvalue weighted by Gasteiger charge is -2.28. The zero-order valence-corrected chi connectivity index (χ0v) is 30.8. The molecule has 1 amide bonds. The molecule has 4 heterocycles. The number of aryl methyl sites for hydroxylation is 1. The van der Waals surface area contributed by atoms with Gasteiger partial charge in [0, 0.05) is 43.2 Å². The predicted octanol–water partition coefficient (Wildman–Crippen LogP) is 7.48. The molecule has 0 atom stereocenters. The number of amides is 1. The Hall–Kier alpha value is -4.27. The number of halogens is 7. The molecule has 2 aromatic carbocycles. The van der Waals surface area contributed by atoms with Gasteiger partial charge < -0.3 is 14.0 Å². The summed E-state index contributed by atoms with van der Waals surface area (Å²) in [6.45, 7) is 8.28. The smallest absolute Gasteiger partial charge is 0.434 e. The maximum Gasteiger partial charge on any atom is 0.434 e. The number of nitrogens with zero attached hydrogens (tertiary/aromatic N) is 6. The van der Waals surface area contributed by atoms with Crippen molar-refractivity contribution in [2.45, 2.75) is 52.9 Å². The third kappa shape index (κ3) is 7.97. The minimum absolute atomic E-state index is 0.0964. The van der Waals surface area contributed by atoms with Gasteiger partial charge in [-0.3, -0.25) is 14.4 Å². The molecule has 0 radical (unpaired) electrons. The van der Waals surface area contributed by atoms with Gasteiger partial charge in [0.25, 0.3) is 5.91 Å². The van der Waals surface area contributed by atoms with E-state index in [1.165, 1.54) is 28.6 Å². The van der Waals surface area contributed by atoms with Crippen LogP contribution in [0.5, 0.6) is 5.75 Å². The summed E-state index contributed by atoms with van der Waals surface area (Å²) >= 11 is 9.91. The summed E-state index contributed by atoms with van der Waals surface area (Å²) in [4.78, 5) is 30.6. The Bertz CT molecular complexity index is 2150. The van der Waals surface area contributed by atoms with E-state index in [1.54, 1.807) is 13.8 Å². The van der Waals surface area contributed by atoms with E-state index in [4.69, 9.17) is 27.5 Å². The lowest BCUT2D eigenvalue weighted by atomic mass is 9.92. The fraction of sp³-hybridized carbons (Fsp3) is 0.364. The van der Waals surface area contributed by atoms with Gasteiger partial charge in [-0.15, -0.1) is 6.42 Å². The molecule has 0 N–H and O–H groups in total. The molecule has 0 saturated carbocycles. The third-order valence-corrected chi connectivity index (χ3v) is 9.41. The number of rotatable bonds is 5. The summed E-state index contributed by atoms with van der Waals surface area (Å²) in [6, 6.07) is 4.61. The van der Waals surface area contributed by atoms with Crippen molar-refractivity contribution < 1.29 is 41.0 Å². The molecule has 51 heavy (non-hydrogen) atoms. The molecule has 0 saturated heterocycles. The highest BCUT2D eigenvalue weighted by Crippen LogP contribution is 2.41. The van der Waals surface area contributed by atoms with Crippen LogP contribution in [0.15, 0.2) is 33.7 Å². The Labute approximate surface area is 306 Å². The van der Waals surface area contributed by atoms with Crippen LogP contribution in [0.25, 0.3) is 11.3 Å². The van der Waals surface area contributed by atoms with Crippen molar-refractivity contribution >= 4 is 62.3 Å². The van der Waals surface area contributed by atoms with E-state index in [0.717, 1.165) is 38.0 Å². The van der Waals surface area contributed by atoms with Crippen molar-refractivity contribution in [3.63, 3.8) is 0 Å². The molecule has 0 fully saturated rings. The monoisotopic (exact) mass is 814 g/mol. The molecule has 6 rings (SSSR count). The number of terminal acetylenes is 1. The Morgan fingerprint density at radius 2 is 1.94 bits per heavy atom. The fourth-order valence-electron chi connectivity index (χ4n) is 5.39. The molecule has 10 nitrogen and oxygen atoms in total. The molecule has 0 bridgehead atoms. The average Bonchev–Trinajstić information content (AvgIpc) is 3.63. The van der Waals surface area contributed by atoms with Gasteiger partial charge in [0.05, 0.1) is 33.4 Å². The minimum Gasteiger partial charge on any atom is -0.481 e. The second-order valence-electron chi connectivity index (χ2n) is 12.6. The van der Waals surface area contributed by atoms with Crippen molar-refractivity contribution in [1.29, 1.82) is 0 Å². The van der Waals surface area contributed by atoms with E-state index in [9.17, 15) is 31.5 Å². The van der Waals surface area contributed by atoms with E-state index in [1.807, 2.05) is 4.57 Å². The standard InChI is InChI=1S/C18H17FN4O2S.C15H12BrClF4N2O2/c1-4-5-22-13-7-12(11(19)6-14(13)25-9-16(22)24)20-17-23-10-18(2,3)8-15(23)21-26-17;1-6(2)25-14(24)7-4-8(10(18)5-9(7)17)12-11(16)13(15(19,20)21)23(3)22-12/h1,6-7H,5,8-10H2,2-3H3;4-6H,1-3H3/b20-17-;. The van der Waals surface area contributed by atoms with Crippen molar-refractivity contribution in [1.82, 2.24) is 18.7 Å². The number of benzene rings is 2. The molecule has 270 valence electrons. The number of alkyl halides is 3. The second kappa shape index (κ2) is 14.4. The maximum absolute atomic E-state index is 14.5. The molecule has 2 aromatic heterocycles. The van der Waals surface area contributed by atoms with E-state index in [2.05, 4.69) is 50.2 Å². The van der Waals surface area contributed by atoms with Gasteiger partial charge in [0.2, 0.25) is 4.80 Å². The normalized spacial score (nSPS) is 15.2. The number of carbonyl (C=O) groups is 2. The van der Waals surface area contributed by atoms with Gasteiger partial charge in [-0.25, -0.2) is 18.6 Å². The van der Waals surface area contributed by atoms with Crippen molar-refractivity contribution in [2.24, 2.45) is 17.5 Å². The summed E-state index contributed by atoms with van der Waals surface area (Å²) in [5, 5.41) is 3.50. The van der Waals surface area contributed by atoms with Crippen LogP contribution in [0.2, 0.25) is 5.02 Å². The molecule has 0 unspecified atom stereocenters. The molecular weight excluding hydrogens is 787 g/mol. The van der Waals surface area contributed by atoms with Crippen molar-refractivity contribution in [3.8, 4) is 29.4 Å². The van der Waals surface area contributed by atoms with Crippen molar-refractivity contribution in [2.75, 3.05) is 18.1 Å². The number of anilines is 1. The van der Waals surface area contributed by atoms with Crippen LogP contribution >= 0.6 is 39.1 Å². The number of fused-ring (bicyclic) bond motifs is 2. The maximum atomic E-state index is 14.5. The molecule has 2 aliphatic heterocycles. The highest BCUT2D eigenvalue weighted by molar-refractivity contribution is 9.10. The van der Waals surface area contributed by atoms with Gasteiger partial charge in [-0.2, -0.15) is 22.6 Å². The first-order chi connectivity index (χ1) is 23.8. The molecule has 4 aromatic rings. The average molecular weight is 816 g/mol. The van der Waals surface area contributed by atoms with Crippen LogP contribution in [0.1, 0.15) is 49.6 Å². The molecule has 0 aliphatic carbocycles. The van der Waals surface area contributed by atoms with Crippen LogP contribution in [-0.2, 0) is 35.7 Å². The molecule has 18 heteroatoms. The van der Waals surface area contributed by atoms with Gasteiger partial charge in [-0.05, 0) is 53.4 Å². The lowest BCUT2D eigenvalue weighted by molar-refractivity contribution is -0.144. The number of carbonyl (C=O) groups excluding carboxylic acids is 2. The first-order valence-corrected chi connectivity index (χ1v) is 17.1. The summed E-state index contributed by atoms with van der Waals surface area (Å²) in [7, 11) is 1.08. The zero-order chi connectivity index (χ0) is 37.6. The Morgan fingerprint density at radius 3 is 2.57 bits per heavy atom. The number of ether oxygens (including phenoxy) is 2. The van der Waals surface area contributed by atoms with E-state index < -0.39 is 40.1 Å². The Balaban J connectivity index is 0.000000198. The largest absolute Gasteiger partial charge is 0.481 e. The topological polar surface area (TPSA) is 104 Å². The molecular formula is C33H29BrClF5N6O4S. The van der Waals surface area contributed by atoms with Gasteiger partial charge in [-0.1, -0.05) is 31.4 Å². The fourth-order valence-corrected chi connectivity index (χ4v) is 7.15. The summed E-state index contributed by atoms with van der Waals surface area (Å²) < 4.78 is 85.0. The molecule has 0 spiro atoms. The minimum atomic E-state index is -4.69. The third-order valence-electron chi connectivity index (χ3n) is 7.57. The quantitative estimate of drug-likeness (QED) is 0.118. The number of esters is 1. The highest BCUT2D eigenvalue weighted by atomic mass is 79.9. The number of hydrogen-bond donors (Lipinski definition) is 0. The number of aromatic nitrogens is 4. The van der Waals surface area contributed by atoms with E-state index in [0.29, 0.717) is 20.9 Å². The first-order valence-electron chi connectivity index (χ1n) is 15.1. The SMILES string of the molecule is C#CCN1C(=O)COc2cc(F)c(/N=c3\snc4n3CC(C)(C)C4)cc21.CC(C)OC(=O)c1cc(-c2nn(C)c(C(F)(F)F)c2Br)c(F)cc1Cl.